The molecule has 0 amide bonds. The lowest BCUT2D eigenvalue weighted by Gasteiger charge is -2.07. The van der Waals surface area contributed by atoms with Crippen LogP contribution >= 0.6 is 11.8 Å². The molecule has 0 aliphatic heterocycles. The molecule has 3 heterocycles. The smallest absolute Gasteiger partial charge is 0.237 e. The van der Waals surface area contributed by atoms with Crippen molar-refractivity contribution in [2.75, 3.05) is 0 Å². The fourth-order valence-electron chi connectivity index (χ4n) is 2.90. The second kappa shape index (κ2) is 7.03. The summed E-state index contributed by atoms with van der Waals surface area (Å²) >= 11 is 1.55. The van der Waals surface area contributed by atoms with Crippen molar-refractivity contribution in [2.45, 2.75) is 36.2 Å². The number of thioether (sulfide) groups is 1. The topological polar surface area (TPSA) is 82.8 Å². The molecule has 5 rings (SSSR count). The van der Waals surface area contributed by atoms with Gasteiger partial charge in [0.05, 0.1) is 18.6 Å². The molecular formula is C19H17N5O2S. The lowest BCUT2D eigenvalue weighted by molar-refractivity contribution is 0.391. The normalized spacial score (nSPS) is 13.9. The summed E-state index contributed by atoms with van der Waals surface area (Å²) in [4.78, 5) is 4.48. The van der Waals surface area contributed by atoms with Crippen LogP contribution in [0.3, 0.4) is 0 Å². The minimum Gasteiger partial charge on any atom is -0.467 e. The Bertz CT molecular complexity index is 1020. The van der Waals surface area contributed by atoms with Gasteiger partial charge in [0.2, 0.25) is 11.7 Å². The van der Waals surface area contributed by atoms with Gasteiger partial charge in [0.1, 0.15) is 11.6 Å². The van der Waals surface area contributed by atoms with E-state index in [1.807, 2.05) is 42.5 Å². The Kier molecular flexibility index (Phi) is 4.25. The molecule has 1 aliphatic rings. The standard InChI is InChI=1S/C19H17N5O2S/c1-2-5-13(6-3-1)17-20-16(26-23-17)12-27-19-22-21-18(14-8-9-14)24(19)11-15-7-4-10-25-15/h1-7,10,14H,8-9,11-12H2. The van der Waals surface area contributed by atoms with Gasteiger partial charge in [-0.15, -0.1) is 10.2 Å². The third-order valence-corrected chi connectivity index (χ3v) is 5.36. The molecule has 4 aromatic rings. The van der Waals surface area contributed by atoms with E-state index >= 15 is 0 Å². The molecule has 0 unspecified atom stereocenters. The minimum absolute atomic E-state index is 0.509. The van der Waals surface area contributed by atoms with Gasteiger partial charge in [-0.25, -0.2) is 0 Å². The molecule has 1 fully saturated rings. The average molecular weight is 379 g/mol. The van der Waals surface area contributed by atoms with Crippen LogP contribution < -0.4 is 0 Å². The summed E-state index contributed by atoms with van der Waals surface area (Å²) in [6.07, 6.45) is 4.03. The van der Waals surface area contributed by atoms with E-state index in [9.17, 15) is 0 Å². The van der Waals surface area contributed by atoms with Crippen molar-refractivity contribution in [1.82, 2.24) is 24.9 Å². The summed E-state index contributed by atoms with van der Waals surface area (Å²) < 4.78 is 13.0. The van der Waals surface area contributed by atoms with E-state index in [2.05, 4.69) is 24.9 Å². The first-order chi connectivity index (χ1) is 13.4. The van der Waals surface area contributed by atoms with Gasteiger partial charge in [-0.3, -0.25) is 4.57 Å². The van der Waals surface area contributed by atoms with Gasteiger partial charge < -0.3 is 8.94 Å². The molecule has 0 atom stereocenters. The molecule has 0 saturated heterocycles. The third-order valence-electron chi connectivity index (χ3n) is 4.41. The van der Waals surface area contributed by atoms with E-state index in [0.29, 0.717) is 29.9 Å². The fraction of sp³-hybridized carbons (Fsp3) is 0.263. The Balaban J connectivity index is 1.33. The number of furan rings is 1. The molecule has 0 N–H and O–H groups in total. The van der Waals surface area contributed by atoms with Gasteiger partial charge >= 0.3 is 0 Å². The zero-order chi connectivity index (χ0) is 18.1. The minimum atomic E-state index is 0.509. The molecule has 8 heteroatoms. The molecule has 0 bridgehead atoms. The number of hydrogen-bond acceptors (Lipinski definition) is 7. The van der Waals surface area contributed by atoms with Crippen LogP contribution in [0, 0.1) is 0 Å². The summed E-state index contributed by atoms with van der Waals surface area (Å²) in [5.41, 5.74) is 0.939. The predicted molar refractivity (Wildman–Crippen MR) is 99.1 cm³/mol. The second-order valence-corrected chi connectivity index (χ2v) is 7.39. The molecule has 0 spiro atoms. The summed E-state index contributed by atoms with van der Waals surface area (Å²) in [7, 11) is 0. The monoisotopic (exact) mass is 379 g/mol. The van der Waals surface area contributed by atoms with E-state index in [4.69, 9.17) is 8.94 Å². The second-order valence-electron chi connectivity index (χ2n) is 6.45. The summed E-state index contributed by atoms with van der Waals surface area (Å²) in [6.45, 7) is 0.632. The Morgan fingerprint density at radius 1 is 1.07 bits per heavy atom. The first-order valence-corrected chi connectivity index (χ1v) is 9.81. The molecule has 136 valence electrons. The SMILES string of the molecule is c1ccc(-c2noc(CSc3nnc(C4CC4)n3Cc3ccco3)n2)cc1. The van der Waals surface area contributed by atoms with Crippen molar-refractivity contribution in [2.24, 2.45) is 0 Å². The Labute approximate surface area is 159 Å². The predicted octanol–water partition coefficient (Wildman–Crippen LogP) is 4.14. The number of hydrogen-bond donors (Lipinski definition) is 0. The van der Waals surface area contributed by atoms with Crippen LogP contribution in [0.15, 0.2) is 62.8 Å². The third kappa shape index (κ3) is 3.52. The fourth-order valence-corrected chi connectivity index (χ4v) is 3.68. The summed E-state index contributed by atoms with van der Waals surface area (Å²) in [5.74, 6) is 4.14. The van der Waals surface area contributed by atoms with E-state index in [1.54, 1.807) is 18.0 Å². The van der Waals surface area contributed by atoms with Crippen LogP contribution in [-0.2, 0) is 12.3 Å². The average Bonchev–Trinajstić information content (AvgIpc) is 3.11. The van der Waals surface area contributed by atoms with E-state index in [-0.39, 0.29) is 0 Å². The van der Waals surface area contributed by atoms with E-state index < -0.39 is 0 Å². The van der Waals surface area contributed by atoms with Gasteiger partial charge in [0.25, 0.3) is 0 Å². The van der Waals surface area contributed by atoms with Gasteiger partial charge in [0.15, 0.2) is 5.16 Å². The maximum absolute atomic E-state index is 5.51. The van der Waals surface area contributed by atoms with Crippen molar-refractivity contribution < 1.29 is 8.94 Å². The number of nitrogens with zero attached hydrogens (tertiary/aromatic N) is 5. The highest BCUT2D eigenvalue weighted by Gasteiger charge is 2.30. The largest absolute Gasteiger partial charge is 0.467 e. The zero-order valence-corrected chi connectivity index (χ0v) is 15.3. The molecule has 27 heavy (non-hydrogen) atoms. The highest BCUT2D eigenvalue weighted by Crippen LogP contribution is 2.40. The maximum Gasteiger partial charge on any atom is 0.237 e. The van der Waals surface area contributed by atoms with Crippen LogP contribution in [-0.4, -0.2) is 24.9 Å². The molecule has 7 nitrogen and oxygen atoms in total. The maximum atomic E-state index is 5.51. The van der Waals surface area contributed by atoms with Gasteiger partial charge in [-0.05, 0) is 25.0 Å². The first-order valence-electron chi connectivity index (χ1n) is 8.83. The van der Waals surface area contributed by atoms with E-state index in [1.165, 1.54) is 12.8 Å². The zero-order valence-electron chi connectivity index (χ0n) is 14.5. The van der Waals surface area contributed by atoms with Crippen LogP contribution in [0.25, 0.3) is 11.4 Å². The van der Waals surface area contributed by atoms with Crippen molar-refractivity contribution in [3.8, 4) is 11.4 Å². The Morgan fingerprint density at radius 2 is 1.96 bits per heavy atom. The molecular weight excluding hydrogens is 362 g/mol. The van der Waals surface area contributed by atoms with E-state index in [0.717, 1.165) is 22.3 Å². The molecule has 1 aromatic carbocycles. The quantitative estimate of drug-likeness (QED) is 0.446. The molecule has 1 saturated carbocycles. The molecule has 1 aliphatic carbocycles. The highest BCUT2D eigenvalue weighted by molar-refractivity contribution is 7.98. The van der Waals surface area contributed by atoms with Crippen LogP contribution in [0.2, 0.25) is 0 Å². The number of rotatable bonds is 7. The van der Waals surface area contributed by atoms with Crippen molar-refractivity contribution in [1.29, 1.82) is 0 Å². The first kappa shape index (κ1) is 16.3. The van der Waals surface area contributed by atoms with Gasteiger partial charge in [-0.1, -0.05) is 47.3 Å². The van der Waals surface area contributed by atoms with Crippen LogP contribution in [0.5, 0.6) is 0 Å². The van der Waals surface area contributed by atoms with Crippen LogP contribution in [0.4, 0.5) is 0 Å². The molecule has 0 radical (unpaired) electrons. The van der Waals surface area contributed by atoms with Crippen LogP contribution in [0.1, 0.15) is 36.2 Å². The lowest BCUT2D eigenvalue weighted by atomic mass is 10.2. The van der Waals surface area contributed by atoms with Gasteiger partial charge in [0, 0.05) is 11.5 Å². The highest BCUT2D eigenvalue weighted by atomic mass is 32.2. The summed E-state index contributed by atoms with van der Waals surface area (Å²) in [6, 6.07) is 13.7. The summed E-state index contributed by atoms with van der Waals surface area (Å²) in [5, 5.41) is 13.7. The lowest BCUT2D eigenvalue weighted by Crippen LogP contribution is -2.05. The van der Waals surface area contributed by atoms with Gasteiger partial charge in [-0.2, -0.15) is 4.98 Å². The Morgan fingerprint density at radius 3 is 2.74 bits per heavy atom. The number of benzene rings is 1. The van der Waals surface area contributed by atoms with Crippen molar-refractivity contribution in [3.05, 3.63) is 66.2 Å². The number of aromatic nitrogens is 5. The Hall–Kier alpha value is -2.87. The van der Waals surface area contributed by atoms with Crippen molar-refractivity contribution >= 4 is 11.8 Å². The molecule has 3 aromatic heterocycles. The van der Waals surface area contributed by atoms with Crippen molar-refractivity contribution in [3.63, 3.8) is 0 Å².